The summed E-state index contributed by atoms with van der Waals surface area (Å²) in [6.45, 7) is 0.0892. The fraction of sp³-hybridized carbons (Fsp3) is 0.158. The first-order valence-corrected chi connectivity index (χ1v) is 9.60. The van der Waals surface area contributed by atoms with Crippen LogP contribution in [0.5, 0.6) is 0 Å². The first-order chi connectivity index (χ1) is 13.7. The van der Waals surface area contributed by atoms with Crippen LogP contribution in [-0.4, -0.2) is 20.2 Å². The lowest BCUT2D eigenvalue weighted by molar-refractivity contribution is -0.137. The van der Waals surface area contributed by atoms with Crippen molar-refractivity contribution in [2.24, 2.45) is 7.05 Å². The second-order valence-corrected chi connectivity index (χ2v) is 7.36. The van der Waals surface area contributed by atoms with Crippen molar-refractivity contribution in [3.05, 3.63) is 77.5 Å². The molecule has 152 valence electrons. The van der Waals surface area contributed by atoms with E-state index in [-0.39, 0.29) is 12.5 Å². The minimum atomic E-state index is -4.39. The molecule has 29 heavy (non-hydrogen) atoms. The number of hydrogen-bond acceptors (Lipinski definition) is 4. The van der Waals surface area contributed by atoms with Gasteiger partial charge in [-0.15, -0.1) is 0 Å². The van der Waals surface area contributed by atoms with Crippen molar-refractivity contribution in [2.45, 2.75) is 17.6 Å². The summed E-state index contributed by atoms with van der Waals surface area (Å²) in [5.41, 5.74) is 0.148. The Balaban J connectivity index is 1.56. The molecule has 6 nitrogen and oxygen atoms in total. The summed E-state index contributed by atoms with van der Waals surface area (Å²) in [7, 11) is 1.74. The lowest BCUT2D eigenvalue weighted by Crippen LogP contribution is -2.23. The van der Waals surface area contributed by atoms with E-state index in [4.69, 9.17) is 0 Å². The second kappa shape index (κ2) is 8.58. The first-order valence-electron chi connectivity index (χ1n) is 8.45. The number of carbonyl (C=O) groups excluding carboxylic acids is 1. The summed E-state index contributed by atoms with van der Waals surface area (Å²) in [6.07, 6.45) is -2.68. The van der Waals surface area contributed by atoms with Gasteiger partial charge in [0.2, 0.25) is 0 Å². The van der Waals surface area contributed by atoms with Gasteiger partial charge in [0.1, 0.15) is 11.4 Å². The molecule has 1 aromatic heterocycles. The Kier molecular flexibility index (Phi) is 6.14. The van der Waals surface area contributed by atoms with Gasteiger partial charge in [-0.25, -0.2) is 0 Å². The van der Waals surface area contributed by atoms with E-state index in [2.05, 4.69) is 15.1 Å². The number of benzene rings is 2. The quantitative estimate of drug-likeness (QED) is 0.596. The minimum absolute atomic E-state index is 0.0892. The van der Waals surface area contributed by atoms with E-state index in [9.17, 15) is 22.5 Å². The molecule has 1 unspecified atom stereocenters. The summed E-state index contributed by atoms with van der Waals surface area (Å²) in [4.78, 5) is 12.7. The van der Waals surface area contributed by atoms with Gasteiger partial charge in [0.25, 0.3) is 5.91 Å². The molecule has 0 spiro atoms. The number of amides is 1. The molecule has 0 fully saturated rings. The fourth-order valence-corrected chi connectivity index (χ4v) is 3.25. The van der Waals surface area contributed by atoms with Gasteiger partial charge >= 0.3 is 6.18 Å². The largest absolute Gasteiger partial charge is 0.588 e. The summed E-state index contributed by atoms with van der Waals surface area (Å²) < 4.78 is 54.3. The highest BCUT2D eigenvalue weighted by Crippen LogP contribution is 2.29. The average Bonchev–Trinajstić information content (AvgIpc) is 3.10. The lowest BCUT2D eigenvalue weighted by Gasteiger charge is -2.10. The first kappa shape index (κ1) is 20.7. The number of nitrogens with one attached hydrogen (secondary N) is 2. The maximum Gasteiger partial charge on any atom is 0.416 e. The van der Waals surface area contributed by atoms with Crippen LogP contribution in [0.3, 0.4) is 0 Å². The molecule has 3 rings (SSSR count). The molecule has 2 aromatic carbocycles. The number of anilines is 1. The Morgan fingerprint density at radius 3 is 2.31 bits per heavy atom. The van der Waals surface area contributed by atoms with Gasteiger partial charge < -0.3 is 9.87 Å². The van der Waals surface area contributed by atoms with Crippen molar-refractivity contribution in [1.29, 1.82) is 0 Å². The highest BCUT2D eigenvalue weighted by Gasteiger charge is 2.29. The molecule has 2 N–H and O–H groups in total. The summed E-state index contributed by atoms with van der Waals surface area (Å²) in [5.74, 6) is 0.0732. The van der Waals surface area contributed by atoms with Crippen LogP contribution in [0.1, 0.15) is 21.5 Å². The highest BCUT2D eigenvalue weighted by atomic mass is 32.2. The van der Waals surface area contributed by atoms with Crippen molar-refractivity contribution in [3.63, 3.8) is 0 Å². The van der Waals surface area contributed by atoms with Gasteiger partial charge in [-0.1, -0.05) is 12.1 Å². The third-order valence-electron chi connectivity index (χ3n) is 3.98. The number of rotatable bonds is 6. The zero-order valence-corrected chi connectivity index (χ0v) is 16.1. The number of alkyl halides is 3. The maximum absolute atomic E-state index is 12.6. The monoisotopic (exact) mass is 422 g/mol. The number of aryl methyl sites for hydroxylation is 1. The van der Waals surface area contributed by atoms with Crippen LogP contribution in [0.2, 0.25) is 0 Å². The Hall–Kier alpha value is -2.98. The molecule has 3 aromatic rings. The SMILES string of the molecule is Cn1ccc(N[S+]([O-])c2ccc(C(=O)NCc3ccc(C(F)(F)F)cc3)cc2)n1. The van der Waals surface area contributed by atoms with Gasteiger partial charge in [0, 0.05) is 31.4 Å². The summed E-state index contributed by atoms with van der Waals surface area (Å²) in [5, 5.41) is 6.72. The van der Waals surface area contributed by atoms with Crippen LogP contribution in [0.15, 0.2) is 65.7 Å². The maximum atomic E-state index is 12.6. The van der Waals surface area contributed by atoms with E-state index in [1.54, 1.807) is 36.1 Å². The van der Waals surface area contributed by atoms with Crippen molar-refractivity contribution in [3.8, 4) is 0 Å². The lowest BCUT2D eigenvalue weighted by atomic mass is 10.1. The van der Waals surface area contributed by atoms with E-state index >= 15 is 0 Å². The molecule has 0 aliphatic rings. The molecule has 1 heterocycles. The minimum Gasteiger partial charge on any atom is -0.588 e. The summed E-state index contributed by atoms with van der Waals surface area (Å²) in [6, 6.07) is 12.4. The third-order valence-corrected chi connectivity index (χ3v) is 5.07. The Labute approximate surface area is 168 Å². The van der Waals surface area contributed by atoms with Crippen LogP contribution in [0.4, 0.5) is 19.0 Å². The average molecular weight is 422 g/mol. The smallest absolute Gasteiger partial charge is 0.416 e. The van der Waals surface area contributed by atoms with Crippen LogP contribution in [-0.2, 0) is 31.1 Å². The van der Waals surface area contributed by atoms with Crippen molar-refractivity contribution in [1.82, 2.24) is 15.1 Å². The molecule has 0 aliphatic heterocycles. The highest BCUT2D eigenvalue weighted by molar-refractivity contribution is 7.92. The zero-order chi connectivity index (χ0) is 21.0. The van der Waals surface area contributed by atoms with Crippen LogP contribution in [0.25, 0.3) is 0 Å². The molecular weight excluding hydrogens is 405 g/mol. The standard InChI is InChI=1S/C19H17F3N4O2S/c1-26-11-10-17(24-26)25-29(28)16-8-4-14(5-9-16)18(27)23-12-13-2-6-15(7-3-13)19(20,21)22/h2-11H,12H2,1H3,(H,23,27)(H,24,25). The molecule has 0 saturated carbocycles. The molecule has 1 amide bonds. The van der Waals surface area contributed by atoms with E-state index in [1.807, 2.05) is 0 Å². The van der Waals surface area contributed by atoms with E-state index < -0.39 is 23.1 Å². The topological polar surface area (TPSA) is 82.0 Å². The van der Waals surface area contributed by atoms with Crippen molar-refractivity contribution in [2.75, 3.05) is 4.72 Å². The second-order valence-electron chi connectivity index (χ2n) is 6.15. The fourth-order valence-electron chi connectivity index (χ4n) is 2.45. The van der Waals surface area contributed by atoms with Gasteiger partial charge in [0.05, 0.1) is 5.56 Å². The van der Waals surface area contributed by atoms with Gasteiger partial charge in [-0.2, -0.15) is 23.0 Å². The molecule has 0 bridgehead atoms. The number of carbonyl (C=O) groups is 1. The molecule has 10 heteroatoms. The summed E-state index contributed by atoms with van der Waals surface area (Å²) >= 11 is -1.54. The Morgan fingerprint density at radius 2 is 1.76 bits per heavy atom. The Bertz CT molecular complexity index is 972. The number of hydrogen-bond donors (Lipinski definition) is 2. The third kappa shape index (κ3) is 5.52. The predicted octanol–water partition coefficient (Wildman–Crippen LogP) is 3.50. The van der Waals surface area contributed by atoms with Gasteiger partial charge in [-0.3, -0.25) is 9.48 Å². The zero-order valence-electron chi connectivity index (χ0n) is 15.2. The van der Waals surface area contributed by atoms with Crippen LogP contribution in [0, 0.1) is 0 Å². The van der Waals surface area contributed by atoms with E-state index in [1.165, 1.54) is 24.3 Å². The predicted molar refractivity (Wildman–Crippen MR) is 102 cm³/mol. The number of nitrogens with zero attached hydrogens (tertiary/aromatic N) is 2. The Morgan fingerprint density at radius 1 is 1.10 bits per heavy atom. The van der Waals surface area contributed by atoms with Crippen molar-refractivity contribution >= 4 is 23.1 Å². The van der Waals surface area contributed by atoms with Gasteiger partial charge in [-0.05, 0) is 42.0 Å². The molecule has 1 atom stereocenters. The van der Waals surface area contributed by atoms with Crippen molar-refractivity contribution < 1.29 is 22.5 Å². The number of aromatic nitrogens is 2. The van der Waals surface area contributed by atoms with E-state index in [0.717, 1.165) is 12.1 Å². The molecule has 0 radical (unpaired) electrons. The van der Waals surface area contributed by atoms with Crippen LogP contribution < -0.4 is 10.0 Å². The number of halogens is 3. The van der Waals surface area contributed by atoms with Crippen LogP contribution >= 0.6 is 0 Å². The normalized spacial score (nSPS) is 12.4. The van der Waals surface area contributed by atoms with E-state index in [0.29, 0.717) is 21.8 Å². The molecule has 0 saturated heterocycles. The molecule has 0 aliphatic carbocycles. The van der Waals surface area contributed by atoms with Gasteiger partial charge in [0.15, 0.2) is 10.7 Å². The molecular formula is C19H17F3N4O2S.